The van der Waals surface area contributed by atoms with Crippen LogP contribution < -0.4 is 0 Å². The lowest BCUT2D eigenvalue weighted by atomic mass is 10.3. The second-order valence-electron chi connectivity index (χ2n) is 3.30. The molecule has 0 N–H and O–H groups in total. The number of hydrogen-bond donors (Lipinski definition) is 0. The molecule has 1 unspecified atom stereocenters. The number of amides is 1. The zero-order valence-electron chi connectivity index (χ0n) is 8.61. The highest BCUT2D eigenvalue weighted by atomic mass is 16.6. The first-order valence-electron chi connectivity index (χ1n) is 4.92. The maximum absolute atomic E-state index is 11.4. The Morgan fingerprint density at radius 2 is 2.43 bits per heavy atom. The van der Waals surface area contributed by atoms with Crippen molar-refractivity contribution in [2.45, 2.75) is 19.4 Å². The minimum Gasteiger partial charge on any atom is -0.373 e. The Bertz CT molecular complexity index is 231. The molecule has 1 aliphatic heterocycles. The van der Waals surface area contributed by atoms with E-state index < -0.39 is 0 Å². The van der Waals surface area contributed by atoms with Gasteiger partial charge in [-0.3, -0.25) is 4.79 Å². The van der Waals surface area contributed by atoms with E-state index in [1.54, 1.807) is 4.90 Å². The Kier molecular flexibility index (Phi) is 4.40. The van der Waals surface area contributed by atoms with Crippen LogP contribution in [0.1, 0.15) is 13.3 Å². The van der Waals surface area contributed by atoms with E-state index in [0.717, 1.165) is 19.6 Å². The molecule has 1 amide bonds. The van der Waals surface area contributed by atoms with Crippen LogP contribution in [0.5, 0.6) is 0 Å². The lowest BCUT2D eigenvalue weighted by molar-refractivity contribution is -0.125. The molecule has 78 valence electrons. The molecule has 1 heterocycles. The number of hydrogen-bond acceptors (Lipinski definition) is 2. The summed E-state index contributed by atoms with van der Waals surface area (Å²) in [6, 6.07) is 0. The Morgan fingerprint density at radius 1 is 1.71 bits per heavy atom. The first kappa shape index (κ1) is 11.0. The Labute approximate surface area is 85.0 Å². The summed E-state index contributed by atoms with van der Waals surface area (Å²) in [6.07, 6.45) is 6.57. The maximum atomic E-state index is 11.4. The summed E-state index contributed by atoms with van der Waals surface area (Å²) in [5.74, 6) is -0.0104. The molecule has 0 spiro atoms. The van der Waals surface area contributed by atoms with E-state index in [1.807, 2.05) is 19.1 Å². The van der Waals surface area contributed by atoms with Gasteiger partial charge in [-0.05, 0) is 19.4 Å². The monoisotopic (exact) mass is 195 g/mol. The fraction of sp³-hybridized carbons (Fsp3) is 0.545. The molecule has 1 aliphatic rings. The molecule has 0 aromatic carbocycles. The summed E-state index contributed by atoms with van der Waals surface area (Å²) in [5.41, 5.74) is 0. The Hall–Kier alpha value is -1.09. The van der Waals surface area contributed by atoms with Crippen LogP contribution >= 0.6 is 0 Å². The lowest BCUT2D eigenvalue weighted by Gasteiger charge is -2.18. The van der Waals surface area contributed by atoms with Crippen molar-refractivity contribution in [2.75, 3.05) is 19.7 Å². The fourth-order valence-electron chi connectivity index (χ4n) is 1.19. The Balaban J connectivity index is 2.33. The maximum Gasteiger partial charge on any atom is 0.246 e. The molecule has 0 aliphatic carbocycles. The average Bonchev–Trinajstić information content (AvgIpc) is 3.01. The molecule has 14 heavy (non-hydrogen) atoms. The van der Waals surface area contributed by atoms with Gasteiger partial charge in [0.1, 0.15) is 0 Å². The number of epoxide rings is 1. The molecular formula is C11H17NO2. The predicted octanol–water partition coefficient (Wildman–Crippen LogP) is 1.37. The van der Waals surface area contributed by atoms with Gasteiger partial charge in [0.2, 0.25) is 5.91 Å². The normalized spacial score (nSPS) is 19.6. The second kappa shape index (κ2) is 5.60. The van der Waals surface area contributed by atoms with E-state index >= 15 is 0 Å². The first-order chi connectivity index (χ1) is 6.77. The van der Waals surface area contributed by atoms with Crippen molar-refractivity contribution in [3.05, 3.63) is 24.8 Å². The molecule has 1 atom stereocenters. The lowest BCUT2D eigenvalue weighted by Crippen LogP contribution is -2.31. The standard InChI is InChI=1S/C11H17NO2/c1-3-5-7-12(11(13)4-2)8-6-10-9-14-10/h3-5,10H,2,6-9H2,1H3. The third kappa shape index (κ3) is 3.75. The second-order valence-corrected chi connectivity index (χ2v) is 3.30. The van der Waals surface area contributed by atoms with E-state index in [4.69, 9.17) is 4.74 Å². The van der Waals surface area contributed by atoms with Gasteiger partial charge in [-0.25, -0.2) is 0 Å². The zero-order chi connectivity index (χ0) is 10.4. The molecule has 0 aromatic rings. The third-order valence-electron chi connectivity index (χ3n) is 2.17. The number of carbonyl (C=O) groups is 1. The summed E-state index contributed by atoms with van der Waals surface area (Å²) >= 11 is 0. The van der Waals surface area contributed by atoms with Gasteiger partial charge < -0.3 is 9.64 Å². The van der Waals surface area contributed by atoms with Gasteiger partial charge in [0.15, 0.2) is 0 Å². The van der Waals surface area contributed by atoms with E-state index in [2.05, 4.69) is 6.58 Å². The van der Waals surface area contributed by atoms with E-state index in [1.165, 1.54) is 6.08 Å². The molecule has 3 nitrogen and oxygen atoms in total. The molecule has 0 bridgehead atoms. The fourth-order valence-corrected chi connectivity index (χ4v) is 1.19. The van der Waals surface area contributed by atoms with Gasteiger partial charge in [0.25, 0.3) is 0 Å². The van der Waals surface area contributed by atoms with Crippen molar-refractivity contribution in [1.82, 2.24) is 4.90 Å². The third-order valence-corrected chi connectivity index (χ3v) is 2.17. The minimum absolute atomic E-state index is 0.0104. The molecule has 0 saturated carbocycles. The largest absolute Gasteiger partial charge is 0.373 e. The van der Waals surface area contributed by atoms with Crippen molar-refractivity contribution >= 4 is 5.91 Å². The van der Waals surface area contributed by atoms with E-state index in [0.29, 0.717) is 12.6 Å². The highest BCUT2D eigenvalue weighted by Gasteiger charge is 2.23. The van der Waals surface area contributed by atoms with Crippen molar-refractivity contribution < 1.29 is 9.53 Å². The molecule has 1 rings (SSSR count). The van der Waals surface area contributed by atoms with Crippen molar-refractivity contribution in [3.8, 4) is 0 Å². The SMILES string of the molecule is C=CC(=O)N(CC=CC)CCC1CO1. The first-order valence-corrected chi connectivity index (χ1v) is 4.92. The van der Waals surface area contributed by atoms with Crippen molar-refractivity contribution in [1.29, 1.82) is 0 Å². The van der Waals surface area contributed by atoms with Crippen LogP contribution in [0.4, 0.5) is 0 Å². The number of allylic oxidation sites excluding steroid dienone is 1. The van der Waals surface area contributed by atoms with Crippen LogP contribution in [-0.4, -0.2) is 36.6 Å². The molecule has 3 heteroatoms. The number of ether oxygens (including phenoxy) is 1. The van der Waals surface area contributed by atoms with E-state index in [-0.39, 0.29) is 5.91 Å². The molecule has 1 saturated heterocycles. The van der Waals surface area contributed by atoms with Crippen LogP contribution in [0.15, 0.2) is 24.8 Å². The minimum atomic E-state index is -0.0104. The van der Waals surface area contributed by atoms with Gasteiger partial charge in [0.05, 0.1) is 12.7 Å². The van der Waals surface area contributed by atoms with Gasteiger partial charge >= 0.3 is 0 Å². The Morgan fingerprint density at radius 3 is 2.93 bits per heavy atom. The summed E-state index contributed by atoms with van der Waals surface area (Å²) in [7, 11) is 0. The number of rotatable bonds is 6. The van der Waals surface area contributed by atoms with Gasteiger partial charge in [-0.1, -0.05) is 18.7 Å². The summed E-state index contributed by atoms with van der Waals surface area (Å²) in [6.45, 7) is 7.69. The van der Waals surface area contributed by atoms with Gasteiger partial charge in [-0.2, -0.15) is 0 Å². The summed E-state index contributed by atoms with van der Waals surface area (Å²) < 4.78 is 5.09. The number of nitrogens with zero attached hydrogens (tertiary/aromatic N) is 1. The molecular weight excluding hydrogens is 178 g/mol. The highest BCUT2D eigenvalue weighted by Crippen LogP contribution is 2.13. The van der Waals surface area contributed by atoms with Crippen LogP contribution in [0.3, 0.4) is 0 Å². The van der Waals surface area contributed by atoms with Gasteiger partial charge in [0, 0.05) is 13.1 Å². The number of carbonyl (C=O) groups excluding carboxylic acids is 1. The molecule has 1 fully saturated rings. The average molecular weight is 195 g/mol. The smallest absolute Gasteiger partial charge is 0.246 e. The molecule has 0 radical (unpaired) electrons. The van der Waals surface area contributed by atoms with Crippen molar-refractivity contribution in [2.24, 2.45) is 0 Å². The van der Waals surface area contributed by atoms with Crippen LogP contribution in [0.25, 0.3) is 0 Å². The summed E-state index contributed by atoms with van der Waals surface area (Å²) in [5, 5.41) is 0. The van der Waals surface area contributed by atoms with E-state index in [9.17, 15) is 4.79 Å². The highest BCUT2D eigenvalue weighted by molar-refractivity contribution is 5.87. The zero-order valence-corrected chi connectivity index (χ0v) is 8.61. The van der Waals surface area contributed by atoms with Crippen LogP contribution in [-0.2, 0) is 9.53 Å². The van der Waals surface area contributed by atoms with Crippen LogP contribution in [0, 0.1) is 0 Å². The predicted molar refractivity (Wildman–Crippen MR) is 55.9 cm³/mol. The van der Waals surface area contributed by atoms with Gasteiger partial charge in [-0.15, -0.1) is 0 Å². The summed E-state index contributed by atoms with van der Waals surface area (Å²) in [4.78, 5) is 13.2. The topological polar surface area (TPSA) is 32.8 Å². The van der Waals surface area contributed by atoms with Crippen LogP contribution in [0.2, 0.25) is 0 Å². The quantitative estimate of drug-likeness (QED) is 0.364. The van der Waals surface area contributed by atoms with Crippen molar-refractivity contribution in [3.63, 3.8) is 0 Å². The molecule has 0 aromatic heterocycles.